The van der Waals surface area contributed by atoms with Crippen LogP contribution in [0.1, 0.15) is 34.6 Å². The second kappa shape index (κ2) is 9.09. The molecule has 154 valence electrons. The summed E-state index contributed by atoms with van der Waals surface area (Å²) < 4.78 is 5.68. The molecule has 0 unspecified atom stereocenters. The molecule has 0 aliphatic carbocycles. The molecule has 0 fully saturated rings. The van der Waals surface area contributed by atoms with Crippen LogP contribution in [0, 0.1) is 0 Å². The van der Waals surface area contributed by atoms with Crippen LogP contribution in [-0.4, -0.2) is 30.4 Å². The van der Waals surface area contributed by atoms with E-state index in [2.05, 4.69) is 10.6 Å². The largest absolute Gasteiger partial charge is 0.483 e. The van der Waals surface area contributed by atoms with Crippen LogP contribution in [0.2, 0.25) is 0 Å². The van der Waals surface area contributed by atoms with E-state index in [1.807, 2.05) is 38.1 Å². The molecule has 3 aromatic carbocycles. The Morgan fingerprint density at radius 2 is 1.60 bits per heavy atom. The molecule has 3 rings (SSSR count). The average molecular weight is 405 g/mol. The minimum Gasteiger partial charge on any atom is -0.483 e. The number of nitrogens with one attached hydrogen (secondary N) is 2. The number of amides is 3. The topological polar surface area (TPSA) is 111 Å². The Hall–Kier alpha value is -3.87. The standard InChI is InChI=1S/C23H23N3O4/c1-14(2)25-21(27)13-30-20-12-17-6-4-3-5-16(17)11-19(20)23(29)26-18-9-7-15(8-10-18)22(24)28/h3-12,14H,13H2,1-2H3,(H2,24,28)(H,25,27)(H,26,29). The quantitative estimate of drug-likeness (QED) is 0.561. The zero-order chi connectivity index (χ0) is 21.7. The highest BCUT2D eigenvalue weighted by atomic mass is 16.5. The van der Waals surface area contributed by atoms with Crippen LogP contribution < -0.4 is 21.1 Å². The number of hydrogen-bond acceptors (Lipinski definition) is 4. The van der Waals surface area contributed by atoms with Crippen LogP contribution in [0.15, 0.2) is 60.7 Å². The highest BCUT2D eigenvalue weighted by Crippen LogP contribution is 2.27. The summed E-state index contributed by atoms with van der Waals surface area (Å²) in [7, 11) is 0. The maximum absolute atomic E-state index is 12.9. The number of ether oxygens (including phenoxy) is 1. The second-order valence-electron chi connectivity index (χ2n) is 7.10. The third kappa shape index (κ3) is 5.14. The van der Waals surface area contributed by atoms with Crippen molar-refractivity contribution < 1.29 is 19.1 Å². The number of fused-ring (bicyclic) bond motifs is 1. The fourth-order valence-corrected chi connectivity index (χ4v) is 2.94. The number of carbonyl (C=O) groups excluding carboxylic acids is 3. The first-order chi connectivity index (χ1) is 14.3. The molecule has 0 atom stereocenters. The van der Waals surface area contributed by atoms with Crippen LogP contribution >= 0.6 is 0 Å². The molecule has 4 N–H and O–H groups in total. The summed E-state index contributed by atoms with van der Waals surface area (Å²) >= 11 is 0. The monoisotopic (exact) mass is 405 g/mol. The fourth-order valence-electron chi connectivity index (χ4n) is 2.94. The van der Waals surface area contributed by atoms with Crippen molar-refractivity contribution in [1.82, 2.24) is 5.32 Å². The van der Waals surface area contributed by atoms with Crippen molar-refractivity contribution in [1.29, 1.82) is 0 Å². The molecule has 0 radical (unpaired) electrons. The number of carbonyl (C=O) groups is 3. The molecule has 0 saturated heterocycles. The molecule has 0 saturated carbocycles. The molecule has 3 amide bonds. The van der Waals surface area contributed by atoms with Crippen LogP contribution in [-0.2, 0) is 4.79 Å². The van der Waals surface area contributed by atoms with Crippen LogP contribution in [0.3, 0.4) is 0 Å². The Balaban J connectivity index is 1.86. The van der Waals surface area contributed by atoms with Gasteiger partial charge in [-0.15, -0.1) is 0 Å². The molecule has 0 bridgehead atoms. The van der Waals surface area contributed by atoms with Crippen molar-refractivity contribution >= 4 is 34.2 Å². The first-order valence-corrected chi connectivity index (χ1v) is 9.49. The Morgan fingerprint density at radius 3 is 2.20 bits per heavy atom. The maximum Gasteiger partial charge on any atom is 0.259 e. The Labute approximate surface area is 174 Å². The summed E-state index contributed by atoms with van der Waals surface area (Å²) in [5, 5.41) is 7.28. The number of rotatable bonds is 7. The highest BCUT2D eigenvalue weighted by Gasteiger charge is 2.16. The van der Waals surface area contributed by atoms with E-state index in [4.69, 9.17) is 10.5 Å². The first kappa shape index (κ1) is 20.9. The molecule has 30 heavy (non-hydrogen) atoms. The highest BCUT2D eigenvalue weighted by molar-refractivity contribution is 6.09. The Bertz CT molecular complexity index is 1090. The molecular weight excluding hydrogens is 382 g/mol. The van der Waals surface area contributed by atoms with Crippen molar-refractivity contribution in [2.75, 3.05) is 11.9 Å². The predicted octanol–water partition coefficient (Wildman–Crippen LogP) is 3.09. The van der Waals surface area contributed by atoms with Gasteiger partial charge in [0, 0.05) is 17.3 Å². The van der Waals surface area contributed by atoms with Gasteiger partial charge >= 0.3 is 0 Å². The normalized spacial score (nSPS) is 10.6. The number of nitrogens with two attached hydrogens (primary N) is 1. The zero-order valence-corrected chi connectivity index (χ0v) is 16.8. The summed E-state index contributed by atoms with van der Waals surface area (Å²) in [4.78, 5) is 36.1. The van der Waals surface area contributed by atoms with E-state index in [0.29, 0.717) is 22.6 Å². The molecular formula is C23H23N3O4. The van der Waals surface area contributed by atoms with Gasteiger partial charge in [0.1, 0.15) is 5.75 Å². The average Bonchev–Trinajstić information content (AvgIpc) is 2.71. The third-order valence-electron chi connectivity index (χ3n) is 4.33. The number of benzene rings is 3. The van der Waals surface area contributed by atoms with E-state index in [0.717, 1.165) is 10.8 Å². The predicted molar refractivity (Wildman–Crippen MR) is 116 cm³/mol. The van der Waals surface area contributed by atoms with Crippen molar-refractivity contribution in [2.45, 2.75) is 19.9 Å². The lowest BCUT2D eigenvalue weighted by Gasteiger charge is -2.14. The summed E-state index contributed by atoms with van der Waals surface area (Å²) in [5.41, 5.74) is 6.39. The molecule has 0 heterocycles. The minimum absolute atomic E-state index is 0.0103. The molecule has 0 aliphatic rings. The maximum atomic E-state index is 12.9. The first-order valence-electron chi connectivity index (χ1n) is 9.49. The molecule has 3 aromatic rings. The van der Waals surface area contributed by atoms with Gasteiger partial charge in [0.05, 0.1) is 5.56 Å². The number of primary amides is 1. The van der Waals surface area contributed by atoms with E-state index in [1.165, 1.54) is 12.1 Å². The minimum atomic E-state index is -0.544. The van der Waals surface area contributed by atoms with Gasteiger partial charge in [0.25, 0.3) is 11.8 Å². The molecule has 0 aliphatic heterocycles. The SMILES string of the molecule is CC(C)NC(=O)COc1cc2ccccc2cc1C(=O)Nc1ccc(C(N)=O)cc1. The van der Waals surface area contributed by atoms with Crippen LogP contribution in [0.25, 0.3) is 10.8 Å². The Morgan fingerprint density at radius 1 is 0.967 bits per heavy atom. The molecule has 7 nitrogen and oxygen atoms in total. The van der Waals surface area contributed by atoms with Crippen molar-refractivity contribution in [3.63, 3.8) is 0 Å². The van der Waals surface area contributed by atoms with E-state index in [-0.39, 0.29) is 18.6 Å². The summed E-state index contributed by atoms with van der Waals surface area (Å²) in [6.07, 6.45) is 0. The fraction of sp³-hybridized carbons (Fsp3) is 0.174. The van der Waals surface area contributed by atoms with Gasteiger partial charge in [-0.05, 0) is 61.0 Å². The van der Waals surface area contributed by atoms with E-state index in [9.17, 15) is 14.4 Å². The lowest BCUT2D eigenvalue weighted by molar-refractivity contribution is -0.123. The smallest absolute Gasteiger partial charge is 0.259 e. The van der Waals surface area contributed by atoms with E-state index in [1.54, 1.807) is 24.3 Å². The third-order valence-corrected chi connectivity index (χ3v) is 4.33. The van der Waals surface area contributed by atoms with Gasteiger partial charge in [-0.3, -0.25) is 14.4 Å². The molecule has 0 aromatic heterocycles. The van der Waals surface area contributed by atoms with Crippen molar-refractivity contribution in [3.8, 4) is 5.75 Å². The van der Waals surface area contributed by atoms with Gasteiger partial charge in [-0.1, -0.05) is 24.3 Å². The number of hydrogen-bond donors (Lipinski definition) is 3. The zero-order valence-electron chi connectivity index (χ0n) is 16.8. The lowest BCUT2D eigenvalue weighted by atomic mass is 10.0. The molecule has 0 spiro atoms. The van der Waals surface area contributed by atoms with Gasteiger partial charge in [0.2, 0.25) is 5.91 Å². The summed E-state index contributed by atoms with van der Waals surface area (Å²) in [6, 6.07) is 17.3. The van der Waals surface area contributed by atoms with Crippen LogP contribution in [0.5, 0.6) is 5.75 Å². The van der Waals surface area contributed by atoms with Gasteiger partial charge in [0.15, 0.2) is 6.61 Å². The van der Waals surface area contributed by atoms with Gasteiger partial charge in [-0.2, -0.15) is 0 Å². The lowest BCUT2D eigenvalue weighted by Crippen LogP contribution is -2.34. The Kier molecular flexibility index (Phi) is 6.32. The number of anilines is 1. The van der Waals surface area contributed by atoms with Gasteiger partial charge < -0.3 is 21.1 Å². The summed E-state index contributed by atoms with van der Waals surface area (Å²) in [5.74, 6) is -0.907. The van der Waals surface area contributed by atoms with Crippen molar-refractivity contribution in [3.05, 3.63) is 71.8 Å². The van der Waals surface area contributed by atoms with Gasteiger partial charge in [-0.25, -0.2) is 0 Å². The van der Waals surface area contributed by atoms with Crippen LogP contribution in [0.4, 0.5) is 5.69 Å². The summed E-state index contributed by atoms with van der Waals surface area (Å²) in [6.45, 7) is 3.51. The van der Waals surface area contributed by atoms with E-state index < -0.39 is 11.8 Å². The molecule has 7 heteroatoms. The van der Waals surface area contributed by atoms with E-state index >= 15 is 0 Å². The van der Waals surface area contributed by atoms with Crippen molar-refractivity contribution in [2.24, 2.45) is 5.73 Å². The second-order valence-corrected chi connectivity index (χ2v) is 7.10.